The van der Waals surface area contributed by atoms with Gasteiger partial charge in [0, 0.05) is 6.54 Å². The van der Waals surface area contributed by atoms with E-state index in [1.807, 2.05) is 7.05 Å². The van der Waals surface area contributed by atoms with E-state index in [2.05, 4.69) is 11.8 Å². The molecule has 0 amide bonds. The van der Waals surface area contributed by atoms with Crippen LogP contribution in [0.2, 0.25) is 0 Å². The Balaban J connectivity index is 2.48. The van der Waals surface area contributed by atoms with Gasteiger partial charge in [-0.25, -0.2) is 0 Å². The number of nitrogens with zero attached hydrogens (tertiary/aromatic N) is 1. The van der Waals surface area contributed by atoms with Crippen LogP contribution in [0.3, 0.4) is 0 Å². The molecule has 3 heteroatoms. The van der Waals surface area contributed by atoms with Gasteiger partial charge in [0.2, 0.25) is 0 Å². The minimum Gasteiger partial charge on any atom is -0.468 e. The first-order valence-corrected chi connectivity index (χ1v) is 4.97. The van der Waals surface area contributed by atoms with Crippen molar-refractivity contribution in [3.63, 3.8) is 0 Å². The predicted molar refractivity (Wildman–Crippen MR) is 51.4 cm³/mol. The van der Waals surface area contributed by atoms with E-state index in [1.165, 1.54) is 13.5 Å². The highest BCUT2D eigenvalue weighted by atomic mass is 16.5. The van der Waals surface area contributed by atoms with Crippen LogP contribution < -0.4 is 0 Å². The van der Waals surface area contributed by atoms with Crippen molar-refractivity contribution in [2.45, 2.75) is 32.2 Å². The first-order valence-electron chi connectivity index (χ1n) is 4.97. The van der Waals surface area contributed by atoms with Gasteiger partial charge in [-0.15, -0.1) is 0 Å². The molecule has 1 fully saturated rings. The summed E-state index contributed by atoms with van der Waals surface area (Å²) in [6.07, 6.45) is 3.31. The molecule has 0 aromatic rings. The summed E-state index contributed by atoms with van der Waals surface area (Å²) in [6, 6.07) is -0.00667. The van der Waals surface area contributed by atoms with Gasteiger partial charge < -0.3 is 4.74 Å². The van der Waals surface area contributed by atoms with Gasteiger partial charge in [-0.2, -0.15) is 0 Å². The summed E-state index contributed by atoms with van der Waals surface area (Å²) in [5.41, 5.74) is 0. The van der Waals surface area contributed by atoms with E-state index in [4.69, 9.17) is 4.74 Å². The molecule has 76 valence electrons. The van der Waals surface area contributed by atoms with Gasteiger partial charge in [-0.3, -0.25) is 9.69 Å². The van der Waals surface area contributed by atoms with Crippen LogP contribution in [0.4, 0.5) is 0 Å². The maximum absolute atomic E-state index is 11.3. The van der Waals surface area contributed by atoms with Crippen LogP contribution in [0.1, 0.15) is 26.2 Å². The maximum Gasteiger partial charge on any atom is 0.323 e. The lowest BCUT2D eigenvalue weighted by Gasteiger charge is -2.34. The molecule has 2 atom stereocenters. The van der Waals surface area contributed by atoms with E-state index >= 15 is 0 Å². The van der Waals surface area contributed by atoms with Gasteiger partial charge in [0.15, 0.2) is 0 Å². The molecule has 2 unspecified atom stereocenters. The third-order valence-electron chi connectivity index (χ3n) is 2.98. The number of hydrogen-bond acceptors (Lipinski definition) is 3. The Morgan fingerprint density at radius 1 is 1.54 bits per heavy atom. The summed E-state index contributed by atoms with van der Waals surface area (Å²) in [5, 5.41) is 0. The van der Waals surface area contributed by atoms with Crippen molar-refractivity contribution in [1.29, 1.82) is 0 Å². The molecular weight excluding hydrogens is 166 g/mol. The molecule has 13 heavy (non-hydrogen) atoms. The third-order valence-corrected chi connectivity index (χ3v) is 2.98. The molecule has 0 N–H and O–H groups in total. The van der Waals surface area contributed by atoms with Gasteiger partial charge in [0.1, 0.15) is 6.04 Å². The van der Waals surface area contributed by atoms with E-state index in [9.17, 15) is 4.79 Å². The molecular formula is C10H19NO2. The highest BCUT2D eigenvalue weighted by Gasteiger charge is 2.30. The molecule has 0 aromatic carbocycles. The van der Waals surface area contributed by atoms with E-state index in [-0.39, 0.29) is 12.0 Å². The second-order valence-corrected chi connectivity index (χ2v) is 3.83. The number of piperidine rings is 1. The SMILES string of the molecule is CCC1CCC(C(=O)OC)N(C)C1. The second kappa shape index (κ2) is 4.61. The number of carbonyl (C=O) groups excluding carboxylic acids is 1. The number of ether oxygens (including phenoxy) is 1. The molecule has 0 radical (unpaired) electrons. The van der Waals surface area contributed by atoms with Gasteiger partial charge in [0.25, 0.3) is 0 Å². The minimum atomic E-state index is -0.0861. The number of rotatable bonds is 2. The largest absolute Gasteiger partial charge is 0.468 e. The molecule has 0 saturated carbocycles. The van der Waals surface area contributed by atoms with Crippen LogP contribution in [-0.4, -0.2) is 37.6 Å². The van der Waals surface area contributed by atoms with Gasteiger partial charge >= 0.3 is 5.97 Å². The average Bonchev–Trinajstić information content (AvgIpc) is 2.16. The zero-order valence-corrected chi connectivity index (χ0v) is 8.75. The summed E-state index contributed by atoms with van der Waals surface area (Å²) >= 11 is 0. The van der Waals surface area contributed by atoms with E-state index in [0.717, 1.165) is 25.3 Å². The highest BCUT2D eigenvalue weighted by molar-refractivity contribution is 5.75. The van der Waals surface area contributed by atoms with Crippen molar-refractivity contribution in [3.8, 4) is 0 Å². The fourth-order valence-corrected chi connectivity index (χ4v) is 2.01. The Morgan fingerprint density at radius 2 is 2.23 bits per heavy atom. The summed E-state index contributed by atoms with van der Waals surface area (Å²) in [7, 11) is 3.46. The molecule has 1 heterocycles. The molecule has 1 aliphatic heterocycles. The highest BCUT2D eigenvalue weighted by Crippen LogP contribution is 2.23. The number of methoxy groups -OCH3 is 1. The zero-order valence-electron chi connectivity index (χ0n) is 8.75. The topological polar surface area (TPSA) is 29.5 Å². The van der Waals surface area contributed by atoms with Gasteiger partial charge in [-0.1, -0.05) is 13.3 Å². The Hall–Kier alpha value is -0.570. The van der Waals surface area contributed by atoms with Crippen LogP contribution in [-0.2, 0) is 9.53 Å². The number of likely N-dealkylation sites (tertiary alicyclic amines) is 1. The third kappa shape index (κ3) is 2.44. The van der Waals surface area contributed by atoms with Crippen molar-refractivity contribution < 1.29 is 9.53 Å². The van der Waals surface area contributed by atoms with Gasteiger partial charge in [0.05, 0.1) is 7.11 Å². The lowest BCUT2D eigenvalue weighted by molar-refractivity contribution is -0.148. The molecule has 1 aliphatic rings. The quantitative estimate of drug-likeness (QED) is 0.607. The lowest BCUT2D eigenvalue weighted by Crippen LogP contribution is -2.45. The van der Waals surface area contributed by atoms with Crippen molar-refractivity contribution in [2.75, 3.05) is 20.7 Å². The summed E-state index contributed by atoms with van der Waals surface area (Å²) in [6.45, 7) is 3.23. The minimum absolute atomic E-state index is 0.00667. The molecule has 1 saturated heterocycles. The molecule has 0 spiro atoms. The fourth-order valence-electron chi connectivity index (χ4n) is 2.01. The number of esters is 1. The molecule has 0 bridgehead atoms. The average molecular weight is 185 g/mol. The first-order chi connectivity index (χ1) is 6.19. The molecule has 1 rings (SSSR count). The van der Waals surface area contributed by atoms with Crippen LogP contribution in [0.5, 0.6) is 0 Å². The number of hydrogen-bond donors (Lipinski definition) is 0. The molecule has 0 aromatic heterocycles. The molecule has 3 nitrogen and oxygen atoms in total. The van der Waals surface area contributed by atoms with Crippen LogP contribution in [0.15, 0.2) is 0 Å². The van der Waals surface area contributed by atoms with Gasteiger partial charge in [-0.05, 0) is 25.8 Å². The van der Waals surface area contributed by atoms with E-state index < -0.39 is 0 Å². The standard InChI is InChI=1S/C10H19NO2/c1-4-8-5-6-9(10(12)13-3)11(2)7-8/h8-9H,4-7H2,1-3H3. The number of likely N-dealkylation sites (N-methyl/N-ethyl adjacent to an activating group) is 1. The lowest BCUT2D eigenvalue weighted by atomic mass is 9.91. The summed E-state index contributed by atoms with van der Waals surface area (Å²) < 4.78 is 4.75. The monoisotopic (exact) mass is 185 g/mol. The van der Waals surface area contributed by atoms with Crippen molar-refractivity contribution in [3.05, 3.63) is 0 Å². The van der Waals surface area contributed by atoms with Crippen molar-refractivity contribution in [2.24, 2.45) is 5.92 Å². The van der Waals surface area contributed by atoms with Crippen molar-refractivity contribution >= 4 is 5.97 Å². The van der Waals surface area contributed by atoms with E-state index in [0.29, 0.717) is 0 Å². The second-order valence-electron chi connectivity index (χ2n) is 3.83. The molecule has 0 aliphatic carbocycles. The zero-order chi connectivity index (χ0) is 9.84. The normalized spacial score (nSPS) is 30.1. The number of carbonyl (C=O) groups is 1. The fraction of sp³-hybridized carbons (Fsp3) is 0.900. The Labute approximate surface area is 80.1 Å². The Morgan fingerprint density at radius 3 is 2.69 bits per heavy atom. The first kappa shape index (κ1) is 10.5. The maximum atomic E-state index is 11.3. The van der Waals surface area contributed by atoms with E-state index in [1.54, 1.807) is 0 Å². The smallest absolute Gasteiger partial charge is 0.323 e. The Bertz CT molecular complexity index is 182. The summed E-state index contributed by atoms with van der Waals surface area (Å²) in [4.78, 5) is 13.4. The predicted octanol–water partition coefficient (Wildman–Crippen LogP) is 1.28. The Kier molecular flexibility index (Phi) is 3.72. The van der Waals surface area contributed by atoms with Crippen LogP contribution in [0.25, 0.3) is 0 Å². The van der Waals surface area contributed by atoms with Crippen LogP contribution >= 0.6 is 0 Å². The van der Waals surface area contributed by atoms with Crippen LogP contribution in [0, 0.1) is 5.92 Å². The van der Waals surface area contributed by atoms with Crippen molar-refractivity contribution in [1.82, 2.24) is 4.90 Å². The summed E-state index contributed by atoms with van der Waals surface area (Å²) in [5.74, 6) is 0.669.